The van der Waals surface area contributed by atoms with Gasteiger partial charge in [0.25, 0.3) is 5.91 Å². The van der Waals surface area contributed by atoms with Gasteiger partial charge in [-0.15, -0.1) is 0 Å². The van der Waals surface area contributed by atoms with Crippen LogP contribution in [0.5, 0.6) is 5.75 Å². The lowest BCUT2D eigenvalue weighted by Crippen LogP contribution is -2.56. The number of amides is 1. The molecule has 3 heterocycles. The van der Waals surface area contributed by atoms with Gasteiger partial charge in [0.05, 0.1) is 25.4 Å². The smallest absolute Gasteiger partial charge is 0.268 e. The molecule has 29 heavy (non-hydrogen) atoms. The van der Waals surface area contributed by atoms with Crippen LogP contribution >= 0.6 is 0 Å². The number of carbonyl (C=O) groups excluding carboxylic acids is 1. The van der Waals surface area contributed by atoms with E-state index in [-0.39, 0.29) is 24.2 Å². The standard InChI is InChI=1S/C21H29N3O5/c1-28-15-2-3-16-13(10-15)11-18(22-16)21(27)23-17-6-9-29-19(20(17)26)12-24-7-4-14(25)5-8-24/h2-3,10-11,14,17,19-20,22,25-26H,4-9,12H2,1H3,(H,23,27)/t17-,19+,20-/m0/s1. The number of hydrogen-bond donors (Lipinski definition) is 4. The number of nitrogens with one attached hydrogen (secondary N) is 2. The number of ether oxygens (including phenoxy) is 2. The second-order valence-corrected chi connectivity index (χ2v) is 7.94. The number of piperidine rings is 1. The van der Waals surface area contributed by atoms with E-state index in [2.05, 4.69) is 15.2 Å². The summed E-state index contributed by atoms with van der Waals surface area (Å²) in [5.41, 5.74) is 1.31. The Morgan fingerprint density at radius 1 is 1.28 bits per heavy atom. The van der Waals surface area contributed by atoms with Gasteiger partial charge in [0.1, 0.15) is 17.5 Å². The van der Waals surface area contributed by atoms with Crippen molar-refractivity contribution in [3.63, 3.8) is 0 Å². The maximum absolute atomic E-state index is 12.8. The molecule has 2 fully saturated rings. The molecule has 1 amide bonds. The first-order valence-corrected chi connectivity index (χ1v) is 10.2. The van der Waals surface area contributed by atoms with Crippen LogP contribution in [0.15, 0.2) is 24.3 Å². The first kappa shape index (κ1) is 20.2. The quantitative estimate of drug-likeness (QED) is 0.591. The fourth-order valence-electron chi connectivity index (χ4n) is 4.16. The number of aliphatic hydroxyl groups excluding tert-OH is 2. The molecule has 0 unspecified atom stereocenters. The Labute approximate surface area is 169 Å². The molecular formula is C21H29N3O5. The third kappa shape index (κ3) is 4.56. The second kappa shape index (κ2) is 8.71. The zero-order valence-corrected chi connectivity index (χ0v) is 16.6. The van der Waals surface area contributed by atoms with E-state index in [4.69, 9.17) is 9.47 Å². The van der Waals surface area contributed by atoms with E-state index in [9.17, 15) is 15.0 Å². The minimum absolute atomic E-state index is 0.230. The van der Waals surface area contributed by atoms with Crippen LogP contribution in [0.2, 0.25) is 0 Å². The summed E-state index contributed by atoms with van der Waals surface area (Å²) in [6.45, 7) is 2.69. The number of H-pyrrole nitrogens is 1. The van der Waals surface area contributed by atoms with Crippen molar-refractivity contribution < 1.29 is 24.5 Å². The second-order valence-electron chi connectivity index (χ2n) is 7.94. The largest absolute Gasteiger partial charge is 0.497 e. The number of aliphatic hydroxyl groups is 2. The molecule has 2 aromatic rings. The number of aromatic amines is 1. The molecule has 1 aromatic carbocycles. The molecule has 0 radical (unpaired) electrons. The van der Waals surface area contributed by atoms with Gasteiger partial charge >= 0.3 is 0 Å². The van der Waals surface area contributed by atoms with Gasteiger partial charge in [-0.2, -0.15) is 0 Å². The Kier molecular flexibility index (Phi) is 6.05. The van der Waals surface area contributed by atoms with Gasteiger partial charge in [0.15, 0.2) is 0 Å². The van der Waals surface area contributed by atoms with Crippen LogP contribution in [0.25, 0.3) is 10.9 Å². The van der Waals surface area contributed by atoms with Gasteiger partial charge < -0.3 is 34.9 Å². The zero-order valence-electron chi connectivity index (χ0n) is 16.6. The minimum Gasteiger partial charge on any atom is -0.497 e. The number of carbonyl (C=O) groups is 1. The van der Waals surface area contributed by atoms with Crippen molar-refractivity contribution >= 4 is 16.8 Å². The van der Waals surface area contributed by atoms with E-state index >= 15 is 0 Å². The van der Waals surface area contributed by atoms with Gasteiger partial charge in [0, 0.05) is 37.1 Å². The Hall–Kier alpha value is -2.13. The molecule has 4 N–H and O–H groups in total. The fourth-order valence-corrected chi connectivity index (χ4v) is 4.16. The highest BCUT2D eigenvalue weighted by Gasteiger charge is 2.35. The van der Waals surface area contributed by atoms with Crippen LogP contribution in [0.1, 0.15) is 29.8 Å². The highest BCUT2D eigenvalue weighted by Crippen LogP contribution is 2.22. The molecular weight excluding hydrogens is 374 g/mol. The van der Waals surface area contributed by atoms with Crippen LogP contribution in [-0.2, 0) is 4.74 Å². The van der Waals surface area contributed by atoms with Gasteiger partial charge in [-0.1, -0.05) is 0 Å². The van der Waals surface area contributed by atoms with Crippen molar-refractivity contribution in [3.05, 3.63) is 30.0 Å². The SMILES string of the molecule is COc1ccc2[nH]c(C(=O)N[C@H]3CCO[C@H](CN4CCC(O)CC4)[C@H]3O)cc2c1. The molecule has 0 saturated carbocycles. The summed E-state index contributed by atoms with van der Waals surface area (Å²) in [5.74, 6) is 0.488. The van der Waals surface area contributed by atoms with Gasteiger partial charge in [-0.3, -0.25) is 4.79 Å². The number of likely N-dealkylation sites (tertiary alicyclic amines) is 1. The predicted octanol–water partition coefficient (Wildman–Crippen LogP) is 0.881. The average molecular weight is 403 g/mol. The van der Waals surface area contributed by atoms with Gasteiger partial charge in [-0.25, -0.2) is 0 Å². The van der Waals surface area contributed by atoms with Crippen LogP contribution in [0, 0.1) is 0 Å². The minimum atomic E-state index is -0.774. The predicted molar refractivity (Wildman–Crippen MR) is 108 cm³/mol. The van der Waals surface area contributed by atoms with E-state index in [1.165, 1.54) is 0 Å². The molecule has 8 nitrogen and oxygen atoms in total. The fraction of sp³-hybridized carbons (Fsp3) is 0.571. The number of rotatable bonds is 5. The number of methoxy groups -OCH3 is 1. The third-order valence-corrected chi connectivity index (χ3v) is 5.94. The summed E-state index contributed by atoms with van der Waals surface area (Å²) in [5, 5.41) is 24.3. The van der Waals surface area contributed by atoms with E-state index in [1.54, 1.807) is 13.2 Å². The summed E-state index contributed by atoms with van der Waals surface area (Å²) < 4.78 is 11.0. The van der Waals surface area contributed by atoms with Gasteiger partial charge in [0.2, 0.25) is 0 Å². The molecule has 0 aliphatic carbocycles. The number of fused-ring (bicyclic) bond motifs is 1. The molecule has 1 aromatic heterocycles. The Morgan fingerprint density at radius 2 is 2.07 bits per heavy atom. The molecule has 3 atom stereocenters. The van der Waals surface area contributed by atoms with Crippen LogP contribution < -0.4 is 10.1 Å². The third-order valence-electron chi connectivity index (χ3n) is 5.94. The number of hydrogen-bond acceptors (Lipinski definition) is 6. The van der Waals surface area contributed by atoms with Crippen molar-refractivity contribution in [2.75, 3.05) is 33.4 Å². The van der Waals surface area contributed by atoms with Crippen molar-refractivity contribution in [2.24, 2.45) is 0 Å². The van der Waals surface area contributed by atoms with Crippen molar-refractivity contribution in [1.29, 1.82) is 0 Å². The number of benzene rings is 1. The molecule has 2 aliphatic heterocycles. The van der Waals surface area contributed by atoms with Crippen molar-refractivity contribution in [2.45, 2.75) is 43.6 Å². The number of nitrogens with zero attached hydrogens (tertiary/aromatic N) is 1. The van der Waals surface area contributed by atoms with E-state index in [0.717, 1.165) is 42.6 Å². The Balaban J connectivity index is 1.38. The molecule has 0 bridgehead atoms. The first-order chi connectivity index (χ1) is 14.0. The Bertz CT molecular complexity index is 846. The summed E-state index contributed by atoms with van der Waals surface area (Å²) in [6, 6.07) is 7.01. The topological polar surface area (TPSA) is 107 Å². The lowest BCUT2D eigenvalue weighted by Gasteiger charge is -2.39. The normalized spacial score (nSPS) is 26.5. The summed E-state index contributed by atoms with van der Waals surface area (Å²) >= 11 is 0. The summed E-state index contributed by atoms with van der Waals surface area (Å²) in [7, 11) is 1.61. The molecule has 2 saturated heterocycles. The molecule has 8 heteroatoms. The number of aromatic nitrogens is 1. The summed E-state index contributed by atoms with van der Waals surface area (Å²) in [4.78, 5) is 18.1. The van der Waals surface area contributed by atoms with E-state index in [1.807, 2.05) is 18.2 Å². The van der Waals surface area contributed by atoms with Gasteiger partial charge in [-0.05, 0) is 43.5 Å². The maximum Gasteiger partial charge on any atom is 0.268 e. The average Bonchev–Trinajstić information content (AvgIpc) is 3.16. The lowest BCUT2D eigenvalue weighted by molar-refractivity contribution is -0.103. The van der Waals surface area contributed by atoms with Crippen LogP contribution in [-0.4, -0.2) is 83.7 Å². The Morgan fingerprint density at radius 3 is 2.83 bits per heavy atom. The van der Waals surface area contributed by atoms with Crippen LogP contribution in [0.4, 0.5) is 0 Å². The van der Waals surface area contributed by atoms with E-state index < -0.39 is 6.10 Å². The highest BCUT2D eigenvalue weighted by molar-refractivity contribution is 5.98. The van der Waals surface area contributed by atoms with Crippen molar-refractivity contribution in [1.82, 2.24) is 15.2 Å². The first-order valence-electron chi connectivity index (χ1n) is 10.2. The molecule has 0 spiro atoms. The molecule has 158 valence electrons. The lowest BCUT2D eigenvalue weighted by atomic mass is 9.98. The van der Waals surface area contributed by atoms with Crippen LogP contribution in [0.3, 0.4) is 0 Å². The maximum atomic E-state index is 12.8. The van der Waals surface area contributed by atoms with E-state index in [0.29, 0.717) is 25.3 Å². The zero-order chi connectivity index (χ0) is 20.4. The summed E-state index contributed by atoms with van der Waals surface area (Å²) in [6.07, 6.45) is 0.699. The highest BCUT2D eigenvalue weighted by atomic mass is 16.5. The molecule has 2 aliphatic rings. The molecule has 4 rings (SSSR count). The van der Waals surface area contributed by atoms with Crippen molar-refractivity contribution in [3.8, 4) is 5.75 Å². The monoisotopic (exact) mass is 403 g/mol.